The zero-order valence-electron chi connectivity index (χ0n) is 12.4. The largest absolute Gasteiger partial charge is 0.364 e. The van der Waals surface area contributed by atoms with E-state index in [1.807, 2.05) is 13.8 Å². The highest BCUT2D eigenvalue weighted by Crippen LogP contribution is 2.25. The molecule has 2 rings (SSSR count). The zero-order valence-corrected chi connectivity index (χ0v) is 12.4. The van der Waals surface area contributed by atoms with Gasteiger partial charge in [0.2, 0.25) is 0 Å². The van der Waals surface area contributed by atoms with Crippen molar-refractivity contribution >= 4 is 0 Å². The zero-order chi connectivity index (χ0) is 14.4. The third kappa shape index (κ3) is 3.83. The van der Waals surface area contributed by atoms with E-state index >= 15 is 0 Å². The summed E-state index contributed by atoms with van der Waals surface area (Å²) in [6.07, 6.45) is 1.66. The molecule has 1 aliphatic rings. The Balaban J connectivity index is 1.95. The maximum atomic E-state index is 5.61. The second-order valence-corrected chi connectivity index (χ2v) is 5.08. The smallest absolute Gasteiger partial charge is 0.166 e. The molecule has 0 spiro atoms. The molecule has 1 aliphatic heterocycles. The number of hydrogen-bond donors (Lipinski definition) is 0. The van der Waals surface area contributed by atoms with Gasteiger partial charge in [-0.25, -0.2) is 0 Å². The summed E-state index contributed by atoms with van der Waals surface area (Å²) in [7, 11) is 1.68. The SMILES string of the molecule is CC#CC(OC)c1ccc(CCC2(C)OCCO2)cc1. The number of ether oxygens (including phenoxy) is 3. The molecule has 1 aromatic rings. The molecule has 20 heavy (non-hydrogen) atoms. The van der Waals surface area contributed by atoms with Crippen LogP contribution in [0.5, 0.6) is 0 Å². The van der Waals surface area contributed by atoms with E-state index in [4.69, 9.17) is 14.2 Å². The maximum Gasteiger partial charge on any atom is 0.166 e. The van der Waals surface area contributed by atoms with Crippen molar-refractivity contribution < 1.29 is 14.2 Å². The van der Waals surface area contributed by atoms with E-state index in [0.717, 1.165) is 18.4 Å². The first-order valence-electron chi connectivity index (χ1n) is 6.99. The third-order valence-corrected chi connectivity index (χ3v) is 3.56. The molecule has 1 saturated heterocycles. The van der Waals surface area contributed by atoms with Crippen LogP contribution in [0.15, 0.2) is 24.3 Å². The summed E-state index contributed by atoms with van der Waals surface area (Å²) < 4.78 is 16.6. The minimum Gasteiger partial charge on any atom is -0.364 e. The van der Waals surface area contributed by atoms with Crippen LogP contribution in [-0.2, 0) is 20.6 Å². The molecule has 3 heteroatoms. The van der Waals surface area contributed by atoms with Gasteiger partial charge in [0.25, 0.3) is 0 Å². The van der Waals surface area contributed by atoms with Crippen molar-refractivity contribution in [1.29, 1.82) is 0 Å². The highest BCUT2D eigenvalue weighted by molar-refractivity contribution is 5.29. The van der Waals surface area contributed by atoms with Crippen molar-refractivity contribution in [2.45, 2.75) is 38.6 Å². The Hall–Kier alpha value is -1.34. The van der Waals surface area contributed by atoms with Crippen LogP contribution < -0.4 is 0 Å². The van der Waals surface area contributed by atoms with Gasteiger partial charge in [-0.3, -0.25) is 0 Å². The lowest BCUT2D eigenvalue weighted by Gasteiger charge is -2.22. The van der Waals surface area contributed by atoms with Gasteiger partial charge in [0.1, 0.15) is 6.10 Å². The van der Waals surface area contributed by atoms with Gasteiger partial charge in [0.15, 0.2) is 5.79 Å². The number of rotatable bonds is 5. The maximum absolute atomic E-state index is 5.61. The van der Waals surface area contributed by atoms with Crippen molar-refractivity contribution in [2.24, 2.45) is 0 Å². The Labute approximate surface area is 121 Å². The highest BCUT2D eigenvalue weighted by Gasteiger charge is 2.30. The van der Waals surface area contributed by atoms with Crippen LogP contribution in [0.2, 0.25) is 0 Å². The normalized spacial score (nSPS) is 18.4. The van der Waals surface area contributed by atoms with Gasteiger partial charge in [-0.1, -0.05) is 30.2 Å². The third-order valence-electron chi connectivity index (χ3n) is 3.56. The Morgan fingerprint density at radius 2 is 1.90 bits per heavy atom. The molecule has 0 aromatic heterocycles. The molecule has 0 N–H and O–H groups in total. The van der Waals surface area contributed by atoms with E-state index in [1.54, 1.807) is 7.11 Å². The molecule has 0 radical (unpaired) electrons. The van der Waals surface area contributed by atoms with E-state index in [2.05, 4.69) is 36.1 Å². The monoisotopic (exact) mass is 274 g/mol. The van der Waals surface area contributed by atoms with Crippen molar-refractivity contribution in [2.75, 3.05) is 20.3 Å². The van der Waals surface area contributed by atoms with Crippen molar-refractivity contribution in [1.82, 2.24) is 0 Å². The lowest BCUT2D eigenvalue weighted by atomic mass is 10.0. The standard InChI is InChI=1S/C17H22O3/c1-4-5-16(18-3)15-8-6-14(7-9-15)10-11-17(2)19-12-13-20-17/h6-9,16H,10-13H2,1-3H3. The van der Waals surface area contributed by atoms with Gasteiger partial charge in [0, 0.05) is 13.5 Å². The minimum atomic E-state index is -0.415. The van der Waals surface area contributed by atoms with Crippen molar-refractivity contribution in [3.63, 3.8) is 0 Å². The van der Waals surface area contributed by atoms with Crippen LogP contribution >= 0.6 is 0 Å². The summed E-state index contributed by atoms with van der Waals surface area (Å²) in [5, 5.41) is 0. The molecule has 1 aromatic carbocycles. The Bertz CT molecular complexity index is 475. The summed E-state index contributed by atoms with van der Waals surface area (Å²) in [4.78, 5) is 0. The average molecular weight is 274 g/mol. The molecular weight excluding hydrogens is 252 g/mol. The van der Waals surface area contributed by atoms with Crippen molar-refractivity contribution in [3.8, 4) is 11.8 Å². The van der Waals surface area contributed by atoms with E-state index in [0.29, 0.717) is 13.2 Å². The Morgan fingerprint density at radius 3 is 2.45 bits per heavy atom. The molecule has 1 atom stereocenters. The lowest BCUT2D eigenvalue weighted by molar-refractivity contribution is -0.146. The van der Waals surface area contributed by atoms with Crippen molar-refractivity contribution in [3.05, 3.63) is 35.4 Å². The quantitative estimate of drug-likeness (QED) is 0.772. The molecule has 1 heterocycles. The summed E-state index contributed by atoms with van der Waals surface area (Å²) in [6, 6.07) is 8.40. The van der Waals surface area contributed by atoms with E-state index in [9.17, 15) is 0 Å². The molecule has 0 aliphatic carbocycles. The minimum absolute atomic E-state index is 0.145. The lowest BCUT2D eigenvalue weighted by Crippen LogP contribution is -2.26. The number of methoxy groups -OCH3 is 1. The topological polar surface area (TPSA) is 27.7 Å². The van der Waals surface area contributed by atoms with Gasteiger partial charge >= 0.3 is 0 Å². The predicted octanol–water partition coefficient (Wildman–Crippen LogP) is 3.09. The molecule has 3 nitrogen and oxygen atoms in total. The first-order valence-corrected chi connectivity index (χ1v) is 6.99. The molecule has 1 unspecified atom stereocenters. The first kappa shape index (κ1) is 15.1. The molecule has 1 fully saturated rings. The molecule has 108 valence electrons. The summed E-state index contributed by atoms with van der Waals surface area (Å²) in [5.74, 6) is 5.51. The predicted molar refractivity (Wildman–Crippen MR) is 78.3 cm³/mol. The molecule has 0 amide bonds. The number of benzene rings is 1. The highest BCUT2D eigenvalue weighted by atomic mass is 16.7. The number of hydrogen-bond acceptors (Lipinski definition) is 3. The van der Waals surface area contributed by atoms with E-state index < -0.39 is 5.79 Å². The Kier molecular flexibility index (Phi) is 5.19. The second-order valence-electron chi connectivity index (χ2n) is 5.08. The fraction of sp³-hybridized carbons (Fsp3) is 0.529. The van der Waals surface area contributed by atoms with Crippen LogP contribution in [-0.4, -0.2) is 26.1 Å². The number of aryl methyl sites for hydroxylation is 1. The fourth-order valence-corrected chi connectivity index (χ4v) is 2.34. The summed E-state index contributed by atoms with van der Waals surface area (Å²) in [5.41, 5.74) is 2.36. The van der Waals surface area contributed by atoms with Crippen LogP contribution in [0.3, 0.4) is 0 Å². The first-order chi connectivity index (χ1) is 9.67. The van der Waals surface area contributed by atoms with Gasteiger partial charge in [0.05, 0.1) is 13.2 Å². The summed E-state index contributed by atoms with van der Waals surface area (Å²) >= 11 is 0. The van der Waals surface area contributed by atoms with Gasteiger partial charge < -0.3 is 14.2 Å². The van der Waals surface area contributed by atoms with Crippen LogP contribution in [0.4, 0.5) is 0 Å². The molecular formula is C17H22O3. The van der Waals surface area contributed by atoms with Gasteiger partial charge in [-0.2, -0.15) is 0 Å². The summed E-state index contributed by atoms with van der Waals surface area (Å²) in [6.45, 7) is 5.22. The van der Waals surface area contributed by atoms with Gasteiger partial charge in [-0.15, -0.1) is 5.92 Å². The van der Waals surface area contributed by atoms with E-state index in [-0.39, 0.29) is 6.10 Å². The second kappa shape index (κ2) is 6.90. The van der Waals surface area contributed by atoms with Crippen LogP contribution in [0.25, 0.3) is 0 Å². The average Bonchev–Trinajstić information content (AvgIpc) is 2.91. The van der Waals surface area contributed by atoms with Crippen LogP contribution in [0.1, 0.15) is 37.5 Å². The van der Waals surface area contributed by atoms with Crippen LogP contribution in [0, 0.1) is 11.8 Å². The molecule has 0 saturated carbocycles. The molecule has 0 bridgehead atoms. The van der Waals surface area contributed by atoms with Gasteiger partial charge in [-0.05, 0) is 31.4 Å². The fourth-order valence-electron chi connectivity index (χ4n) is 2.34. The Morgan fingerprint density at radius 1 is 1.25 bits per heavy atom. The van der Waals surface area contributed by atoms with E-state index in [1.165, 1.54) is 5.56 Å².